The maximum atomic E-state index is 13.3. The Balaban J connectivity index is 2.66. The van der Waals surface area contributed by atoms with Crippen molar-refractivity contribution in [1.29, 1.82) is 0 Å². The molecule has 4 nitrogen and oxygen atoms in total. The van der Waals surface area contributed by atoms with E-state index in [0.717, 1.165) is 6.08 Å². The van der Waals surface area contributed by atoms with Crippen molar-refractivity contribution < 1.29 is 32.2 Å². The fraction of sp³-hybridized carbons (Fsp3) is 0.400. The van der Waals surface area contributed by atoms with Gasteiger partial charge in [0.25, 0.3) is 0 Å². The van der Waals surface area contributed by atoms with Crippen LogP contribution < -0.4 is 9.47 Å². The lowest BCUT2D eigenvalue weighted by molar-refractivity contribution is -0.188. The highest BCUT2D eigenvalue weighted by Crippen LogP contribution is 2.45. The fourth-order valence-corrected chi connectivity index (χ4v) is 3.14. The minimum Gasteiger partial charge on any atom is -0.495 e. The topological polar surface area (TPSA) is 44.8 Å². The third-order valence-electron chi connectivity index (χ3n) is 3.28. The second-order valence-electron chi connectivity index (χ2n) is 4.78. The molecule has 1 heterocycles. The molecule has 0 spiro atoms. The molecule has 1 unspecified atom stereocenters. The molecule has 0 saturated carbocycles. The fourth-order valence-electron chi connectivity index (χ4n) is 2.33. The van der Waals surface area contributed by atoms with Crippen LogP contribution in [0.1, 0.15) is 18.1 Å². The molecule has 0 aliphatic carbocycles. The zero-order valence-corrected chi connectivity index (χ0v) is 15.0. The number of esters is 1. The Bertz CT molecular complexity index is 688. The van der Waals surface area contributed by atoms with E-state index in [-0.39, 0.29) is 34.0 Å². The first-order valence-electron chi connectivity index (χ1n) is 6.82. The Kier molecular flexibility index (Phi) is 5.70. The van der Waals surface area contributed by atoms with Crippen molar-refractivity contribution in [1.82, 2.24) is 0 Å². The van der Waals surface area contributed by atoms with Crippen LogP contribution >= 0.6 is 27.5 Å². The number of methoxy groups -OCH3 is 1. The van der Waals surface area contributed by atoms with Crippen LogP contribution in [0, 0.1) is 0 Å². The molecule has 1 atom stereocenters. The van der Waals surface area contributed by atoms with Gasteiger partial charge in [0, 0.05) is 16.5 Å². The van der Waals surface area contributed by atoms with E-state index in [1.54, 1.807) is 0 Å². The van der Waals surface area contributed by atoms with Gasteiger partial charge in [0.15, 0.2) is 0 Å². The summed E-state index contributed by atoms with van der Waals surface area (Å²) in [4.78, 5) is 11.9. The van der Waals surface area contributed by atoms with E-state index in [9.17, 15) is 18.0 Å². The van der Waals surface area contributed by atoms with E-state index < -0.39 is 23.8 Å². The number of hydrogen-bond donors (Lipinski definition) is 0. The highest BCUT2D eigenvalue weighted by molar-refractivity contribution is 9.08. The van der Waals surface area contributed by atoms with Crippen LogP contribution in [0.25, 0.3) is 6.08 Å². The number of benzene rings is 1. The number of rotatable bonds is 4. The highest BCUT2D eigenvalue weighted by Gasteiger charge is 2.49. The largest absolute Gasteiger partial charge is 0.495 e. The molecule has 24 heavy (non-hydrogen) atoms. The van der Waals surface area contributed by atoms with E-state index in [1.807, 2.05) is 0 Å². The summed E-state index contributed by atoms with van der Waals surface area (Å²) in [5.74, 6) is -0.914. The molecule has 132 valence electrons. The third kappa shape index (κ3) is 3.49. The molecular formula is C15H13BrClF3O4. The van der Waals surface area contributed by atoms with Crippen molar-refractivity contribution in [3.8, 4) is 11.5 Å². The average Bonchev–Trinajstić information content (AvgIpc) is 2.51. The lowest BCUT2D eigenvalue weighted by atomic mass is 9.98. The smallest absolute Gasteiger partial charge is 0.430 e. The van der Waals surface area contributed by atoms with Crippen molar-refractivity contribution in [2.45, 2.75) is 24.5 Å². The predicted octanol–water partition coefficient (Wildman–Crippen LogP) is 4.51. The maximum Gasteiger partial charge on any atom is 0.430 e. The second-order valence-corrected chi connectivity index (χ2v) is 5.75. The predicted molar refractivity (Wildman–Crippen MR) is 85.7 cm³/mol. The van der Waals surface area contributed by atoms with Gasteiger partial charge in [-0.15, -0.1) is 0 Å². The van der Waals surface area contributed by atoms with Gasteiger partial charge in [0.2, 0.25) is 6.10 Å². The van der Waals surface area contributed by atoms with Crippen molar-refractivity contribution >= 4 is 39.6 Å². The molecule has 1 aromatic rings. The Hall–Kier alpha value is -1.41. The standard InChI is InChI=1S/C15H13BrClF3O4/c1-3-23-14(21)8-4-7-5-10(17)12(22-2)9(6-16)11(7)24-13(8)15(18,19)20/h4-5,13H,3,6H2,1-2H3. The minimum atomic E-state index is -4.78. The summed E-state index contributed by atoms with van der Waals surface area (Å²) in [5.41, 5.74) is -0.0502. The first kappa shape index (κ1) is 18.9. The Morgan fingerprint density at radius 2 is 2.12 bits per heavy atom. The van der Waals surface area contributed by atoms with E-state index in [4.69, 9.17) is 25.8 Å². The Morgan fingerprint density at radius 1 is 1.46 bits per heavy atom. The van der Waals surface area contributed by atoms with Crippen molar-refractivity contribution in [2.75, 3.05) is 13.7 Å². The average molecular weight is 430 g/mol. The van der Waals surface area contributed by atoms with Crippen LogP contribution in [0.4, 0.5) is 13.2 Å². The number of carbonyl (C=O) groups is 1. The normalized spacial score (nSPS) is 16.8. The summed E-state index contributed by atoms with van der Waals surface area (Å²) in [6, 6.07) is 1.38. The Labute approximate surface area is 149 Å². The van der Waals surface area contributed by atoms with Crippen LogP contribution in [0.15, 0.2) is 11.6 Å². The number of carbonyl (C=O) groups excluding carboxylic acids is 1. The van der Waals surface area contributed by atoms with E-state index in [2.05, 4.69) is 15.9 Å². The van der Waals surface area contributed by atoms with Crippen LogP contribution in [0.3, 0.4) is 0 Å². The lowest BCUT2D eigenvalue weighted by Gasteiger charge is -2.29. The molecule has 2 rings (SSSR count). The zero-order valence-electron chi connectivity index (χ0n) is 12.7. The number of ether oxygens (including phenoxy) is 3. The minimum absolute atomic E-state index is 0.0384. The summed E-state index contributed by atoms with van der Waals surface area (Å²) in [5, 5.41) is 0.353. The molecule has 0 amide bonds. The highest BCUT2D eigenvalue weighted by atomic mass is 79.9. The molecule has 9 heteroatoms. The van der Waals surface area contributed by atoms with Crippen molar-refractivity contribution in [3.05, 3.63) is 27.8 Å². The number of alkyl halides is 4. The summed E-state index contributed by atoms with van der Waals surface area (Å²) in [7, 11) is 1.35. The van der Waals surface area contributed by atoms with Crippen LogP contribution in [-0.4, -0.2) is 32.0 Å². The van der Waals surface area contributed by atoms with Gasteiger partial charge < -0.3 is 14.2 Å². The Morgan fingerprint density at radius 3 is 2.62 bits per heavy atom. The van der Waals surface area contributed by atoms with Gasteiger partial charge in [-0.2, -0.15) is 13.2 Å². The number of halogens is 5. The molecule has 0 aromatic heterocycles. The van der Waals surface area contributed by atoms with Gasteiger partial charge in [0.05, 0.1) is 24.3 Å². The first-order chi connectivity index (χ1) is 11.2. The van der Waals surface area contributed by atoms with Gasteiger partial charge in [-0.05, 0) is 19.1 Å². The molecule has 1 aliphatic heterocycles. The van der Waals surface area contributed by atoms with Gasteiger partial charge in [-0.3, -0.25) is 0 Å². The number of fused-ring (bicyclic) bond motifs is 1. The first-order valence-corrected chi connectivity index (χ1v) is 8.31. The van der Waals surface area contributed by atoms with Gasteiger partial charge in [-0.25, -0.2) is 4.79 Å². The molecule has 0 N–H and O–H groups in total. The third-order valence-corrected chi connectivity index (χ3v) is 4.13. The quantitative estimate of drug-likeness (QED) is 0.522. The molecule has 0 saturated heterocycles. The monoisotopic (exact) mass is 428 g/mol. The van der Waals surface area contributed by atoms with E-state index in [1.165, 1.54) is 20.1 Å². The molecule has 0 radical (unpaired) electrons. The van der Waals surface area contributed by atoms with Crippen molar-refractivity contribution in [3.63, 3.8) is 0 Å². The van der Waals surface area contributed by atoms with Crippen LogP contribution in [0.5, 0.6) is 11.5 Å². The second kappa shape index (κ2) is 7.23. The van der Waals surface area contributed by atoms with Gasteiger partial charge in [0.1, 0.15) is 11.5 Å². The lowest BCUT2D eigenvalue weighted by Crippen LogP contribution is -2.41. The van der Waals surface area contributed by atoms with E-state index >= 15 is 0 Å². The van der Waals surface area contributed by atoms with Gasteiger partial charge >= 0.3 is 12.1 Å². The maximum absolute atomic E-state index is 13.3. The molecule has 0 bridgehead atoms. The zero-order chi connectivity index (χ0) is 18.1. The summed E-state index contributed by atoms with van der Waals surface area (Å²) < 4.78 is 55.0. The van der Waals surface area contributed by atoms with Crippen LogP contribution in [0.2, 0.25) is 5.02 Å². The molecule has 1 aliphatic rings. The molecule has 0 fully saturated rings. The van der Waals surface area contributed by atoms with Gasteiger partial charge in [-0.1, -0.05) is 27.5 Å². The van der Waals surface area contributed by atoms with E-state index in [0.29, 0.717) is 5.56 Å². The summed E-state index contributed by atoms with van der Waals surface area (Å²) >= 11 is 9.28. The molecule has 1 aromatic carbocycles. The number of hydrogen-bond acceptors (Lipinski definition) is 4. The molecular weight excluding hydrogens is 417 g/mol. The van der Waals surface area contributed by atoms with Crippen molar-refractivity contribution in [2.24, 2.45) is 0 Å². The SMILES string of the molecule is CCOC(=O)C1=Cc2cc(Cl)c(OC)c(CBr)c2OC1C(F)(F)F. The summed E-state index contributed by atoms with van der Waals surface area (Å²) in [6.45, 7) is 1.45. The summed E-state index contributed by atoms with van der Waals surface area (Å²) in [6.07, 6.45) is -6.12. The van der Waals surface area contributed by atoms with Crippen LogP contribution in [-0.2, 0) is 14.9 Å².